The number of hydrogen-bond acceptors (Lipinski definition) is 7. The Hall–Kier alpha value is -3.84. The second-order valence-corrected chi connectivity index (χ2v) is 18.2. The van der Waals surface area contributed by atoms with Gasteiger partial charge in [-0.25, -0.2) is 19.6 Å². The molecular weight excluding hydrogens is 739 g/mol. The van der Waals surface area contributed by atoms with Gasteiger partial charge in [0.05, 0.1) is 19.2 Å². The van der Waals surface area contributed by atoms with Crippen LogP contribution in [0.3, 0.4) is 0 Å². The summed E-state index contributed by atoms with van der Waals surface area (Å²) in [4.78, 5) is 14.1. The van der Waals surface area contributed by atoms with Gasteiger partial charge in [0.1, 0.15) is 37.5 Å². The van der Waals surface area contributed by atoms with Gasteiger partial charge < -0.3 is 38.5 Å². The van der Waals surface area contributed by atoms with Gasteiger partial charge in [0.2, 0.25) is 0 Å². The Bertz CT molecular complexity index is 1820. The van der Waals surface area contributed by atoms with Crippen LogP contribution in [0.1, 0.15) is 49.4 Å². The second-order valence-electron chi connectivity index (χ2n) is 13.9. The lowest BCUT2D eigenvalue weighted by Gasteiger charge is -2.46. The van der Waals surface area contributed by atoms with Gasteiger partial charge >= 0.3 is 0 Å². The average Bonchev–Trinajstić information content (AvgIpc) is 3.44. The molecule has 254 valence electrons. The maximum absolute atomic E-state index is 7.33. The van der Waals surface area contributed by atoms with Crippen LogP contribution in [0.4, 0.5) is 11.6 Å². The van der Waals surface area contributed by atoms with Crippen molar-refractivity contribution in [1.82, 2.24) is 15.0 Å². The summed E-state index contributed by atoms with van der Waals surface area (Å²) in [7, 11) is -0.931. The van der Waals surface area contributed by atoms with Crippen LogP contribution in [0.5, 0.6) is 5.75 Å². The van der Waals surface area contributed by atoms with Crippen LogP contribution in [0, 0.1) is 0 Å². The predicted octanol–water partition coefficient (Wildman–Crippen LogP) is 3.23. The number of methoxy groups -OCH3 is 1. The van der Waals surface area contributed by atoms with Crippen LogP contribution in [0.25, 0.3) is 0 Å². The largest absolute Gasteiger partial charge is 1.00 e. The molecule has 0 fully saturated rings. The van der Waals surface area contributed by atoms with Crippen molar-refractivity contribution >= 4 is 30.3 Å². The first-order chi connectivity index (χ1) is 23.3. The highest BCUT2D eigenvalue weighted by atomic mass is 127. The van der Waals surface area contributed by atoms with Crippen LogP contribution in [-0.2, 0) is 30.6 Å². The Morgan fingerprint density at radius 1 is 0.857 bits per heavy atom. The lowest BCUT2D eigenvalue weighted by Crippen LogP contribution is -3.00. The maximum atomic E-state index is 7.33. The topological polar surface area (TPSA) is 72.4 Å². The van der Waals surface area contributed by atoms with Crippen molar-refractivity contribution in [1.29, 1.82) is 0 Å². The van der Waals surface area contributed by atoms with E-state index in [4.69, 9.17) is 19.1 Å². The van der Waals surface area contributed by atoms with Crippen molar-refractivity contribution in [2.24, 2.45) is 0 Å². The standard InChI is InChI=1S/C39H45N6O2Si.HI/c1-39(2,3)48(34-12-7-5-8-13-34,35-14-9-6-10-15-35)47-23-11-22-45-27-32-25-40-21-20-31(32)26-44(45)38-36(28-45)37(42-29-43-38)41-24-30-16-18-33(46-4)19-17-30;/h5-10,12-21,25,29H,11,22-24,26-28H2,1-4H3,(H,41,42,43);1H/q+1;/p-1. The van der Waals surface area contributed by atoms with Crippen molar-refractivity contribution in [2.75, 3.05) is 30.6 Å². The summed E-state index contributed by atoms with van der Waals surface area (Å²) in [5.41, 5.74) is 4.94. The third-order valence-corrected chi connectivity index (χ3v) is 15.0. The number of aromatic nitrogens is 3. The Kier molecular flexibility index (Phi) is 10.4. The van der Waals surface area contributed by atoms with Crippen molar-refractivity contribution in [3.8, 4) is 5.75 Å². The smallest absolute Gasteiger partial charge is 0.261 e. The van der Waals surface area contributed by atoms with Crippen molar-refractivity contribution in [3.05, 3.63) is 132 Å². The molecule has 2 aliphatic rings. The molecule has 0 spiro atoms. The van der Waals surface area contributed by atoms with E-state index in [1.165, 1.54) is 32.6 Å². The van der Waals surface area contributed by atoms with E-state index in [0.29, 0.717) is 13.2 Å². The van der Waals surface area contributed by atoms with E-state index in [1.807, 2.05) is 24.5 Å². The molecular formula is C39H45IN6O2Si. The van der Waals surface area contributed by atoms with Gasteiger partial charge in [0.25, 0.3) is 8.32 Å². The Morgan fingerprint density at radius 3 is 2.20 bits per heavy atom. The highest BCUT2D eigenvalue weighted by Gasteiger charge is 2.51. The number of fused-ring (bicyclic) bond motifs is 4. The Labute approximate surface area is 308 Å². The molecule has 2 aromatic heterocycles. The van der Waals surface area contributed by atoms with Crippen LogP contribution < -0.4 is 49.4 Å². The zero-order chi connectivity index (χ0) is 33.2. The van der Waals surface area contributed by atoms with E-state index in [-0.39, 0.29) is 29.0 Å². The third kappa shape index (κ3) is 6.71. The highest BCUT2D eigenvalue weighted by Crippen LogP contribution is 2.44. The fraction of sp³-hybridized carbons (Fsp3) is 0.308. The molecule has 0 aliphatic carbocycles. The normalized spacial score (nSPS) is 16.6. The lowest BCUT2D eigenvalue weighted by atomic mass is 10.1. The van der Waals surface area contributed by atoms with E-state index in [9.17, 15) is 0 Å². The van der Waals surface area contributed by atoms with E-state index in [2.05, 4.69) is 115 Å². The number of rotatable bonds is 11. The van der Waals surface area contributed by atoms with Gasteiger partial charge in [-0.05, 0) is 44.7 Å². The number of halogens is 1. The van der Waals surface area contributed by atoms with E-state index < -0.39 is 8.32 Å². The average molecular weight is 785 g/mol. The molecule has 1 unspecified atom stereocenters. The van der Waals surface area contributed by atoms with Gasteiger partial charge in [-0.1, -0.05) is 93.6 Å². The molecule has 0 radical (unpaired) electrons. The molecule has 10 heteroatoms. The molecule has 0 saturated heterocycles. The number of quaternary nitrogens is 1. The first-order valence-electron chi connectivity index (χ1n) is 16.8. The molecule has 5 aromatic rings. The van der Waals surface area contributed by atoms with Gasteiger partial charge in [-0.2, -0.15) is 0 Å². The Morgan fingerprint density at radius 2 is 1.55 bits per heavy atom. The molecule has 0 saturated carbocycles. The SMILES string of the molecule is COc1ccc(CNc2ncnc3c2C[N+]2(CCCO[Si](c4ccccc4)(c4ccccc4)C(C)(C)C)Cc4cnccc4CN32)cc1.[I-]. The number of benzene rings is 3. The summed E-state index contributed by atoms with van der Waals surface area (Å²) in [6.07, 6.45) is 6.55. The zero-order valence-corrected chi connectivity index (χ0v) is 31.9. The zero-order valence-electron chi connectivity index (χ0n) is 28.8. The van der Waals surface area contributed by atoms with Crippen molar-refractivity contribution in [2.45, 2.75) is 58.4 Å². The van der Waals surface area contributed by atoms with Gasteiger partial charge in [0, 0.05) is 37.5 Å². The number of nitrogens with zero attached hydrogens (tertiary/aromatic N) is 5. The molecule has 49 heavy (non-hydrogen) atoms. The number of pyridine rings is 1. The number of hydrogen-bond donors (Lipinski definition) is 1. The van der Waals surface area contributed by atoms with Crippen LogP contribution in [0.15, 0.2) is 110 Å². The van der Waals surface area contributed by atoms with E-state index in [1.54, 1.807) is 13.4 Å². The Balaban J connectivity index is 0.00000417. The third-order valence-electron chi connectivity index (χ3n) is 9.99. The summed E-state index contributed by atoms with van der Waals surface area (Å²) in [5, 5.41) is 8.68. The van der Waals surface area contributed by atoms with Gasteiger partial charge in [-0.15, -0.1) is 0 Å². The summed E-state index contributed by atoms with van der Waals surface area (Å²) in [5.74, 6) is 2.76. The van der Waals surface area contributed by atoms with Crippen LogP contribution >= 0.6 is 0 Å². The molecule has 3 aromatic carbocycles. The lowest BCUT2D eigenvalue weighted by molar-refractivity contribution is -0.959. The monoisotopic (exact) mass is 784 g/mol. The second kappa shape index (κ2) is 14.6. The van der Waals surface area contributed by atoms with Gasteiger partial charge in [-0.3, -0.25) is 4.98 Å². The number of ether oxygens (including phenoxy) is 1. The van der Waals surface area contributed by atoms with E-state index >= 15 is 0 Å². The molecule has 1 N–H and O–H groups in total. The minimum atomic E-state index is -2.62. The summed E-state index contributed by atoms with van der Waals surface area (Å²) < 4.78 is 13.4. The molecule has 1 atom stereocenters. The molecule has 7 rings (SSSR count). The first-order valence-corrected chi connectivity index (χ1v) is 18.8. The minimum absolute atomic E-state index is 0. The summed E-state index contributed by atoms with van der Waals surface area (Å²) in [6.45, 7) is 11.7. The van der Waals surface area contributed by atoms with Crippen LogP contribution in [0.2, 0.25) is 5.04 Å². The quantitative estimate of drug-likeness (QED) is 0.0956. The van der Waals surface area contributed by atoms with Crippen molar-refractivity contribution < 1.29 is 37.7 Å². The highest BCUT2D eigenvalue weighted by molar-refractivity contribution is 6.99. The van der Waals surface area contributed by atoms with Crippen LogP contribution in [-0.4, -0.2) is 48.1 Å². The summed E-state index contributed by atoms with van der Waals surface area (Å²) >= 11 is 0. The van der Waals surface area contributed by atoms with E-state index in [0.717, 1.165) is 54.6 Å². The first kappa shape index (κ1) is 35.0. The number of anilines is 2. The fourth-order valence-electron chi connectivity index (χ4n) is 7.65. The molecule has 2 aliphatic heterocycles. The predicted molar refractivity (Wildman–Crippen MR) is 193 cm³/mol. The minimum Gasteiger partial charge on any atom is -1.00 e. The number of nitrogens with one attached hydrogen (secondary N) is 1. The van der Waals surface area contributed by atoms with Gasteiger partial charge in [0.15, 0.2) is 5.82 Å². The fourth-order valence-corrected chi connectivity index (χ4v) is 12.3. The molecule has 4 heterocycles. The van der Waals surface area contributed by atoms with Crippen molar-refractivity contribution in [3.63, 3.8) is 0 Å². The molecule has 0 bridgehead atoms. The summed E-state index contributed by atoms with van der Waals surface area (Å²) in [6, 6.07) is 32.1. The molecule has 8 nitrogen and oxygen atoms in total. The molecule has 0 amide bonds. The maximum Gasteiger partial charge on any atom is 0.261 e.